The van der Waals surface area contributed by atoms with Gasteiger partial charge in [-0.25, -0.2) is 0 Å². The van der Waals surface area contributed by atoms with Gasteiger partial charge in [0.1, 0.15) is 0 Å². The number of fused-ring (bicyclic) bond motifs is 3. The standard InChI is InChI=1S/C17H18BrN/c1-2-3-4-6-12-9-10-16-14(11-12)13-7-5-8-15(18)17(13)19-16/h5,7-11,19H,2-4,6H2,1H3. The first kappa shape index (κ1) is 12.7. The second-order valence-corrected chi connectivity index (χ2v) is 5.98. The van der Waals surface area contributed by atoms with Crippen molar-refractivity contribution < 1.29 is 0 Å². The molecule has 0 radical (unpaired) electrons. The summed E-state index contributed by atoms with van der Waals surface area (Å²) in [5.41, 5.74) is 3.87. The predicted molar refractivity (Wildman–Crippen MR) is 86.7 cm³/mol. The molecule has 0 saturated heterocycles. The van der Waals surface area contributed by atoms with Crippen molar-refractivity contribution in [2.75, 3.05) is 0 Å². The number of para-hydroxylation sites is 1. The molecule has 1 nitrogen and oxygen atoms in total. The van der Waals surface area contributed by atoms with Gasteiger partial charge in [-0.15, -0.1) is 0 Å². The summed E-state index contributed by atoms with van der Waals surface area (Å²) in [5, 5.41) is 2.65. The molecular formula is C17H18BrN. The van der Waals surface area contributed by atoms with E-state index in [0.717, 1.165) is 4.47 Å². The van der Waals surface area contributed by atoms with Gasteiger partial charge in [-0.3, -0.25) is 0 Å². The average Bonchev–Trinajstić information content (AvgIpc) is 2.79. The number of aromatic nitrogens is 1. The number of halogens is 1. The Morgan fingerprint density at radius 2 is 1.95 bits per heavy atom. The van der Waals surface area contributed by atoms with E-state index in [9.17, 15) is 0 Å². The molecule has 0 aliphatic heterocycles. The number of aromatic amines is 1. The smallest absolute Gasteiger partial charge is 0.0609 e. The molecule has 3 aromatic rings. The number of unbranched alkanes of at least 4 members (excludes halogenated alkanes) is 2. The summed E-state index contributed by atoms with van der Waals surface area (Å²) in [5.74, 6) is 0. The van der Waals surface area contributed by atoms with Gasteiger partial charge in [0.2, 0.25) is 0 Å². The van der Waals surface area contributed by atoms with Crippen molar-refractivity contribution >= 4 is 37.7 Å². The second-order valence-electron chi connectivity index (χ2n) is 5.12. The van der Waals surface area contributed by atoms with Crippen molar-refractivity contribution in [2.24, 2.45) is 0 Å². The van der Waals surface area contributed by atoms with Gasteiger partial charge in [-0.1, -0.05) is 38.0 Å². The Bertz CT molecular complexity index is 712. The molecule has 1 aromatic heterocycles. The summed E-state index contributed by atoms with van der Waals surface area (Å²) in [6.07, 6.45) is 5.07. The van der Waals surface area contributed by atoms with E-state index < -0.39 is 0 Å². The second kappa shape index (κ2) is 5.38. The van der Waals surface area contributed by atoms with E-state index in [1.54, 1.807) is 0 Å². The zero-order valence-electron chi connectivity index (χ0n) is 11.2. The van der Waals surface area contributed by atoms with Crippen LogP contribution in [0.1, 0.15) is 31.7 Å². The first-order valence-electron chi connectivity index (χ1n) is 6.98. The minimum Gasteiger partial charge on any atom is -0.354 e. The molecule has 0 atom stereocenters. The molecule has 0 aliphatic carbocycles. The molecule has 3 rings (SSSR count). The fourth-order valence-electron chi connectivity index (χ4n) is 2.67. The van der Waals surface area contributed by atoms with Gasteiger partial charge < -0.3 is 4.98 Å². The van der Waals surface area contributed by atoms with E-state index in [1.165, 1.54) is 53.1 Å². The largest absolute Gasteiger partial charge is 0.354 e. The van der Waals surface area contributed by atoms with Crippen molar-refractivity contribution in [3.8, 4) is 0 Å². The summed E-state index contributed by atoms with van der Waals surface area (Å²) in [7, 11) is 0. The molecule has 0 aliphatic rings. The van der Waals surface area contributed by atoms with Gasteiger partial charge in [-0.05, 0) is 52.5 Å². The molecule has 0 spiro atoms. The maximum absolute atomic E-state index is 3.61. The van der Waals surface area contributed by atoms with Gasteiger partial charge in [0.05, 0.1) is 5.52 Å². The fourth-order valence-corrected chi connectivity index (χ4v) is 3.13. The normalized spacial score (nSPS) is 11.5. The van der Waals surface area contributed by atoms with E-state index in [0.29, 0.717) is 0 Å². The Balaban J connectivity index is 2.06. The summed E-state index contributed by atoms with van der Waals surface area (Å²) >= 11 is 3.61. The van der Waals surface area contributed by atoms with Crippen LogP contribution in [-0.4, -0.2) is 4.98 Å². The topological polar surface area (TPSA) is 15.8 Å². The molecule has 1 heterocycles. The van der Waals surface area contributed by atoms with Crippen LogP contribution in [0.3, 0.4) is 0 Å². The van der Waals surface area contributed by atoms with Crippen LogP contribution in [0.15, 0.2) is 40.9 Å². The number of benzene rings is 2. The van der Waals surface area contributed by atoms with Gasteiger partial charge >= 0.3 is 0 Å². The molecule has 19 heavy (non-hydrogen) atoms. The van der Waals surface area contributed by atoms with Crippen LogP contribution in [0.4, 0.5) is 0 Å². The van der Waals surface area contributed by atoms with E-state index >= 15 is 0 Å². The summed E-state index contributed by atoms with van der Waals surface area (Å²) in [4.78, 5) is 3.49. The maximum atomic E-state index is 3.61. The van der Waals surface area contributed by atoms with Gasteiger partial charge in [0.15, 0.2) is 0 Å². The third kappa shape index (κ3) is 2.42. The van der Waals surface area contributed by atoms with Crippen molar-refractivity contribution in [3.63, 3.8) is 0 Å². The molecule has 0 bridgehead atoms. The van der Waals surface area contributed by atoms with Gasteiger partial charge in [0.25, 0.3) is 0 Å². The minimum absolute atomic E-state index is 1.13. The van der Waals surface area contributed by atoms with E-state index in [4.69, 9.17) is 0 Å². The lowest BCUT2D eigenvalue weighted by atomic mass is 10.0. The number of hydrogen-bond acceptors (Lipinski definition) is 0. The summed E-state index contributed by atoms with van der Waals surface area (Å²) < 4.78 is 1.13. The van der Waals surface area contributed by atoms with Gasteiger partial charge in [-0.2, -0.15) is 0 Å². The predicted octanol–water partition coefficient (Wildman–Crippen LogP) is 5.82. The van der Waals surface area contributed by atoms with E-state index in [-0.39, 0.29) is 0 Å². The van der Waals surface area contributed by atoms with Crippen LogP contribution in [0.25, 0.3) is 21.8 Å². The zero-order valence-corrected chi connectivity index (χ0v) is 12.8. The molecule has 0 amide bonds. The minimum atomic E-state index is 1.13. The van der Waals surface area contributed by atoms with Crippen LogP contribution >= 0.6 is 15.9 Å². The monoisotopic (exact) mass is 315 g/mol. The molecule has 0 fully saturated rings. The van der Waals surface area contributed by atoms with Crippen LogP contribution in [0, 0.1) is 0 Å². The Kier molecular flexibility index (Phi) is 3.61. The highest BCUT2D eigenvalue weighted by atomic mass is 79.9. The SMILES string of the molecule is CCCCCc1ccc2[nH]c3c(Br)cccc3c2c1. The number of hydrogen-bond donors (Lipinski definition) is 1. The third-order valence-corrected chi connectivity index (χ3v) is 4.38. The Morgan fingerprint density at radius 3 is 2.79 bits per heavy atom. The third-order valence-electron chi connectivity index (χ3n) is 3.72. The maximum Gasteiger partial charge on any atom is 0.0609 e. The van der Waals surface area contributed by atoms with Crippen LogP contribution in [0.5, 0.6) is 0 Å². The first-order valence-corrected chi connectivity index (χ1v) is 7.77. The van der Waals surface area contributed by atoms with Crippen molar-refractivity contribution in [1.29, 1.82) is 0 Å². The number of rotatable bonds is 4. The zero-order chi connectivity index (χ0) is 13.2. The Labute approximate surface area is 122 Å². The van der Waals surface area contributed by atoms with Crippen molar-refractivity contribution in [3.05, 3.63) is 46.4 Å². The first-order chi connectivity index (χ1) is 9.29. The molecule has 0 saturated carbocycles. The average molecular weight is 316 g/mol. The molecule has 1 N–H and O–H groups in total. The molecule has 0 unspecified atom stereocenters. The fraction of sp³-hybridized carbons (Fsp3) is 0.294. The molecule has 2 heteroatoms. The Morgan fingerprint density at radius 1 is 1.05 bits per heavy atom. The summed E-state index contributed by atoms with van der Waals surface area (Å²) in [6, 6.07) is 13.2. The van der Waals surface area contributed by atoms with Crippen LogP contribution in [-0.2, 0) is 6.42 Å². The lowest BCUT2D eigenvalue weighted by molar-refractivity contribution is 0.718. The van der Waals surface area contributed by atoms with Crippen molar-refractivity contribution in [2.45, 2.75) is 32.6 Å². The summed E-state index contributed by atoms with van der Waals surface area (Å²) in [6.45, 7) is 2.25. The number of nitrogens with one attached hydrogen (secondary N) is 1. The highest BCUT2D eigenvalue weighted by Gasteiger charge is 2.07. The number of H-pyrrole nitrogens is 1. The van der Waals surface area contributed by atoms with Crippen molar-refractivity contribution in [1.82, 2.24) is 4.98 Å². The molecular weight excluding hydrogens is 298 g/mol. The van der Waals surface area contributed by atoms with Crippen LogP contribution in [0.2, 0.25) is 0 Å². The van der Waals surface area contributed by atoms with Gasteiger partial charge in [0, 0.05) is 20.8 Å². The highest BCUT2D eigenvalue weighted by Crippen LogP contribution is 2.31. The van der Waals surface area contributed by atoms with Crippen LogP contribution < -0.4 is 0 Å². The Hall–Kier alpha value is -1.28. The lowest BCUT2D eigenvalue weighted by Crippen LogP contribution is -1.84. The quantitative estimate of drug-likeness (QED) is 0.584. The van der Waals surface area contributed by atoms with E-state index in [1.807, 2.05) is 0 Å². The molecule has 98 valence electrons. The van der Waals surface area contributed by atoms with E-state index in [2.05, 4.69) is 64.2 Å². The number of aryl methyl sites for hydroxylation is 1. The molecule has 2 aromatic carbocycles. The highest BCUT2D eigenvalue weighted by molar-refractivity contribution is 9.10. The lowest BCUT2D eigenvalue weighted by Gasteiger charge is -2.01.